The van der Waals surface area contributed by atoms with Crippen LogP contribution in [0.1, 0.15) is 54.4 Å². The van der Waals surface area contributed by atoms with Crippen LogP contribution in [0.3, 0.4) is 0 Å². The molecule has 3 aliphatic heterocycles. The third-order valence-electron chi connectivity index (χ3n) is 8.85. The molecule has 3 heterocycles. The summed E-state index contributed by atoms with van der Waals surface area (Å²) in [6.45, 7) is 15.7. The summed E-state index contributed by atoms with van der Waals surface area (Å²) in [5.74, 6) is -8.87. The third kappa shape index (κ3) is 4.54. The molecule has 13 heteroatoms. The molecule has 1 aliphatic carbocycles. The van der Waals surface area contributed by atoms with Crippen molar-refractivity contribution in [2.75, 3.05) is 0 Å². The highest BCUT2D eigenvalue weighted by Gasteiger charge is 2.79. The molecule has 0 aromatic heterocycles. The van der Waals surface area contributed by atoms with Gasteiger partial charge in [0.05, 0.1) is 16.7 Å². The quantitative estimate of drug-likeness (QED) is 0.217. The van der Waals surface area contributed by atoms with Crippen molar-refractivity contribution in [3.05, 3.63) is 24.3 Å². The van der Waals surface area contributed by atoms with Gasteiger partial charge < -0.3 is 33.5 Å². The number of rotatable bonds is 4. The molecule has 12 nitrogen and oxygen atoms in total. The standard InChI is InChI=1S/C28H35ClO12/c1-11-9-10-18(36-14(4)30)26(8)19(11)21(37-15(5)31)27-13(3)25(34)40-22(27)20(29)12(2)28(35,41-27)24(39-17(7)33)23(26)38-16(6)32/h13,18-24,35H,1-2,9-10H2,3-8H3. The van der Waals surface area contributed by atoms with Crippen LogP contribution >= 0.6 is 11.6 Å². The van der Waals surface area contributed by atoms with Crippen molar-refractivity contribution in [2.24, 2.45) is 17.3 Å². The Balaban J connectivity index is 2.16. The zero-order valence-electron chi connectivity index (χ0n) is 23.8. The second-order valence-corrected chi connectivity index (χ2v) is 11.9. The van der Waals surface area contributed by atoms with Gasteiger partial charge in [-0.15, -0.1) is 11.6 Å². The van der Waals surface area contributed by atoms with Gasteiger partial charge in [0.2, 0.25) is 5.79 Å². The molecule has 1 N–H and O–H groups in total. The molecule has 11 unspecified atom stereocenters. The van der Waals surface area contributed by atoms with Gasteiger partial charge in [-0.25, -0.2) is 0 Å². The van der Waals surface area contributed by atoms with E-state index in [0.717, 1.165) is 20.8 Å². The van der Waals surface area contributed by atoms with E-state index in [9.17, 15) is 29.1 Å². The highest BCUT2D eigenvalue weighted by atomic mass is 35.5. The van der Waals surface area contributed by atoms with Gasteiger partial charge in [0.1, 0.15) is 12.2 Å². The first-order chi connectivity index (χ1) is 18.9. The van der Waals surface area contributed by atoms with Crippen LogP contribution in [0.4, 0.5) is 0 Å². The predicted octanol–water partition coefficient (Wildman–Crippen LogP) is 1.88. The van der Waals surface area contributed by atoms with E-state index in [2.05, 4.69) is 13.2 Å². The number of aliphatic hydroxyl groups is 1. The first-order valence-electron chi connectivity index (χ1n) is 13.3. The number of esters is 5. The van der Waals surface area contributed by atoms with Crippen molar-refractivity contribution in [3.8, 4) is 0 Å². The smallest absolute Gasteiger partial charge is 0.312 e. The Morgan fingerprint density at radius 3 is 1.98 bits per heavy atom. The molecule has 1 saturated carbocycles. The first kappa shape index (κ1) is 31.0. The monoisotopic (exact) mass is 598 g/mol. The Kier molecular flexibility index (Phi) is 7.85. The molecule has 41 heavy (non-hydrogen) atoms. The molecule has 0 aromatic carbocycles. The topological polar surface area (TPSA) is 161 Å². The zero-order valence-corrected chi connectivity index (χ0v) is 24.5. The number of carbonyl (C=O) groups is 5. The van der Waals surface area contributed by atoms with Crippen LogP contribution in [-0.4, -0.2) is 82.2 Å². The average molecular weight is 599 g/mol. The van der Waals surface area contributed by atoms with Gasteiger partial charge in [0.15, 0.2) is 23.9 Å². The van der Waals surface area contributed by atoms with Crippen LogP contribution in [0.2, 0.25) is 0 Å². The molecule has 0 amide bonds. The minimum absolute atomic E-state index is 0.197. The number of halogens is 1. The molecular weight excluding hydrogens is 564 g/mol. The Morgan fingerprint density at radius 2 is 1.44 bits per heavy atom. The third-order valence-corrected chi connectivity index (χ3v) is 9.34. The van der Waals surface area contributed by atoms with Gasteiger partial charge in [-0.1, -0.05) is 25.7 Å². The van der Waals surface area contributed by atoms with Crippen molar-refractivity contribution in [1.82, 2.24) is 0 Å². The van der Waals surface area contributed by atoms with E-state index in [1.54, 1.807) is 6.92 Å². The highest BCUT2D eigenvalue weighted by Crippen LogP contribution is 2.63. The number of fused-ring (bicyclic) bond motifs is 2. The van der Waals surface area contributed by atoms with Crippen molar-refractivity contribution in [3.63, 3.8) is 0 Å². The fourth-order valence-corrected chi connectivity index (χ4v) is 7.54. The Labute approximate surface area is 242 Å². The summed E-state index contributed by atoms with van der Waals surface area (Å²) in [5, 5.41) is 11.0. The summed E-state index contributed by atoms with van der Waals surface area (Å²) in [4.78, 5) is 63.4. The summed E-state index contributed by atoms with van der Waals surface area (Å²) in [6, 6.07) is 0. The molecule has 2 bridgehead atoms. The lowest BCUT2D eigenvalue weighted by molar-refractivity contribution is -0.374. The van der Waals surface area contributed by atoms with Crippen LogP contribution in [0.15, 0.2) is 24.3 Å². The van der Waals surface area contributed by atoms with Gasteiger partial charge in [0.25, 0.3) is 0 Å². The molecular formula is C28H35ClO12. The van der Waals surface area contributed by atoms with Crippen molar-refractivity contribution in [1.29, 1.82) is 0 Å². The van der Waals surface area contributed by atoms with Crippen LogP contribution in [0, 0.1) is 17.3 Å². The number of ether oxygens (including phenoxy) is 6. The van der Waals surface area contributed by atoms with Gasteiger partial charge in [-0.3, -0.25) is 24.0 Å². The highest BCUT2D eigenvalue weighted by molar-refractivity contribution is 6.23. The van der Waals surface area contributed by atoms with E-state index in [1.807, 2.05) is 0 Å². The largest absolute Gasteiger partial charge is 0.462 e. The summed E-state index contributed by atoms with van der Waals surface area (Å²) >= 11 is 6.81. The molecule has 4 aliphatic rings. The first-order valence-corrected chi connectivity index (χ1v) is 13.7. The normalized spacial score (nSPS) is 43.4. The van der Waals surface area contributed by atoms with Gasteiger partial charge >= 0.3 is 29.8 Å². The average Bonchev–Trinajstić information content (AvgIpc) is 3.10. The molecule has 3 saturated heterocycles. The fourth-order valence-electron chi connectivity index (χ4n) is 7.14. The number of alkyl halides is 1. The maximum atomic E-state index is 13.2. The minimum atomic E-state index is -2.71. The van der Waals surface area contributed by atoms with Gasteiger partial charge in [-0.2, -0.15) is 0 Å². The molecule has 226 valence electrons. The molecule has 0 aromatic rings. The minimum Gasteiger partial charge on any atom is -0.462 e. The number of hydrogen-bond acceptors (Lipinski definition) is 12. The summed E-state index contributed by atoms with van der Waals surface area (Å²) < 4.78 is 35.3. The molecule has 4 rings (SSSR count). The lowest BCUT2D eigenvalue weighted by Gasteiger charge is -2.63. The Bertz CT molecular complexity index is 1210. The molecule has 0 radical (unpaired) electrons. The fraction of sp³-hybridized carbons (Fsp3) is 0.679. The van der Waals surface area contributed by atoms with Crippen molar-refractivity contribution in [2.45, 2.75) is 102 Å². The summed E-state index contributed by atoms with van der Waals surface area (Å²) in [5.41, 5.74) is -3.34. The zero-order chi connectivity index (χ0) is 30.8. The molecule has 1 spiro atoms. The predicted molar refractivity (Wildman–Crippen MR) is 139 cm³/mol. The Hall–Kier alpha value is -2.96. The molecule has 4 fully saturated rings. The van der Waals surface area contributed by atoms with E-state index in [-0.39, 0.29) is 18.4 Å². The number of hydrogen-bond donors (Lipinski definition) is 1. The van der Waals surface area contributed by atoms with Crippen LogP contribution in [-0.2, 0) is 52.4 Å². The molecule has 11 atom stereocenters. The SMILES string of the molecule is C=C1CCC(OC(C)=O)C2(C)C(OC(C)=O)C(OC(C)=O)C3(O)OC4(C(C)C(=O)OC4C(Cl)C3=C)C(OC(C)=O)C12. The maximum Gasteiger partial charge on any atom is 0.312 e. The van der Waals surface area contributed by atoms with Crippen LogP contribution in [0.25, 0.3) is 0 Å². The van der Waals surface area contributed by atoms with E-state index in [0.29, 0.717) is 5.57 Å². The Morgan fingerprint density at radius 1 is 0.927 bits per heavy atom. The van der Waals surface area contributed by atoms with Gasteiger partial charge in [-0.05, 0) is 19.8 Å². The van der Waals surface area contributed by atoms with E-state index in [4.69, 9.17) is 40.0 Å². The van der Waals surface area contributed by atoms with E-state index in [1.165, 1.54) is 13.8 Å². The maximum absolute atomic E-state index is 13.2. The second-order valence-electron chi connectivity index (χ2n) is 11.4. The second kappa shape index (κ2) is 10.4. The summed E-state index contributed by atoms with van der Waals surface area (Å²) in [6.07, 6.45) is -6.77. The number of carbonyl (C=O) groups excluding carboxylic acids is 5. The lowest BCUT2D eigenvalue weighted by atomic mass is 9.52. The van der Waals surface area contributed by atoms with Crippen LogP contribution in [0.5, 0.6) is 0 Å². The van der Waals surface area contributed by atoms with Crippen molar-refractivity contribution < 1.29 is 57.5 Å². The van der Waals surface area contributed by atoms with Crippen LogP contribution < -0.4 is 0 Å². The van der Waals surface area contributed by atoms with Crippen molar-refractivity contribution >= 4 is 41.4 Å². The lowest BCUT2D eigenvalue weighted by Crippen LogP contribution is -2.78. The summed E-state index contributed by atoms with van der Waals surface area (Å²) in [7, 11) is 0. The van der Waals surface area contributed by atoms with E-state index >= 15 is 0 Å². The van der Waals surface area contributed by atoms with E-state index < -0.39 is 94.4 Å². The van der Waals surface area contributed by atoms with Gasteiger partial charge in [0, 0.05) is 39.2 Å².